The van der Waals surface area contributed by atoms with Gasteiger partial charge in [0.15, 0.2) is 11.5 Å². The van der Waals surface area contributed by atoms with Crippen LogP contribution in [0.1, 0.15) is 29.3 Å². The van der Waals surface area contributed by atoms with Crippen molar-refractivity contribution >= 4 is 17.5 Å². The molecule has 0 saturated carbocycles. The number of nitrogens with one attached hydrogen (secondary N) is 2. The number of benzene rings is 2. The van der Waals surface area contributed by atoms with E-state index in [0.29, 0.717) is 35.1 Å². The predicted octanol–water partition coefficient (Wildman–Crippen LogP) is 2.52. The number of rotatable bonds is 9. The fourth-order valence-electron chi connectivity index (χ4n) is 2.57. The van der Waals surface area contributed by atoms with Gasteiger partial charge in [-0.3, -0.25) is 9.59 Å². The van der Waals surface area contributed by atoms with Gasteiger partial charge in [-0.1, -0.05) is 18.2 Å². The number of hydrogen-bond donors (Lipinski definition) is 2. The maximum Gasteiger partial charge on any atom is 0.271 e. The molecule has 0 radical (unpaired) electrons. The normalized spacial score (nSPS) is 10.8. The Morgan fingerprint density at radius 1 is 0.931 bits per heavy atom. The molecule has 0 atom stereocenters. The van der Waals surface area contributed by atoms with E-state index in [1.807, 2.05) is 24.3 Å². The van der Waals surface area contributed by atoms with Gasteiger partial charge in [-0.05, 0) is 31.2 Å². The Kier molecular flexibility index (Phi) is 8.02. The number of carbonyl (C=O) groups excluding carboxylic acids is 2. The van der Waals surface area contributed by atoms with Crippen LogP contribution in [-0.4, -0.2) is 38.9 Å². The van der Waals surface area contributed by atoms with Crippen LogP contribution in [0.4, 0.5) is 0 Å². The van der Waals surface area contributed by atoms with Gasteiger partial charge in [-0.25, -0.2) is 5.43 Å². The fraction of sp³-hybridized carbons (Fsp3) is 0.286. The zero-order chi connectivity index (χ0) is 21.2. The molecule has 0 fully saturated rings. The van der Waals surface area contributed by atoms with Crippen molar-refractivity contribution in [2.24, 2.45) is 5.10 Å². The highest BCUT2D eigenvalue weighted by atomic mass is 16.5. The smallest absolute Gasteiger partial charge is 0.271 e. The van der Waals surface area contributed by atoms with E-state index in [1.165, 1.54) is 14.2 Å². The topological polar surface area (TPSA) is 98.2 Å². The lowest BCUT2D eigenvalue weighted by Crippen LogP contribution is -2.26. The van der Waals surface area contributed by atoms with E-state index in [1.54, 1.807) is 32.2 Å². The predicted molar refractivity (Wildman–Crippen MR) is 110 cm³/mol. The van der Waals surface area contributed by atoms with Gasteiger partial charge in [-0.2, -0.15) is 5.10 Å². The number of methoxy groups -OCH3 is 3. The minimum absolute atomic E-state index is 0.0569. The van der Waals surface area contributed by atoms with Gasteiger partial charge in [0.05, 0.1) is 27.8 Å². The molecular weight excluding hydrogens is 374 g/mol. The molecule has 2 aromatic rings. The SMILES string of the molecule is COc1ccccc1CNC(=O)CC(C)=NNC(=O)c1ccc(OC)c(OC)c1. The summed E-state index contributed by atoms with van der Waals surface area (Å²) in [7, 11) is 4.59. The van der Waals surface area contributed by atoms with Crippen LogP contribution in [0.5, 0.6) is 17.2 Å². The number of hydrogen-bond acceptors (Lipinski definition) is 6. The summed E-state index contributed by atoms with van der Waals surface area (Å²) in [6, 6.07) is 12.2. The average molecular weight is 399 g/mol. The van der Waals surface area contributed by atoms with Crippen LogP contribution in [0.25, 0.3) is 0 Å². The number of hydrazone groups is 1. The third-order valence-electron chi connectivity index (χ3n) is 4.08. The second-order valence-corrected chi connectivity index (χ2v) is 6.12. The first-order valence-electron chi connectivity index (χ1n) is 8.92. The minimum atomic E-state index is -0.417. The second kappa shape index (κ2) is 10.7. The maximum atomic E-state index is 12.3. The Labute approximate surface area is 169 Å². The lowest BCUT2D eigenvalue weighted by Gasteiger charge is -2.10. The summed E-state index contributed by atoms with van der Waals surface area (Å²) >= 11 is 0. The van der Waals surface area contributed by atoms with E-state index in [-0.39, 0.29) is 12.3 Å². The largest absolute Gasteiger partial charge is 0.496 e. The zero-order valence-corrected chi connectivity index (χ0v) is 16.9. The van der Waals surface area contributed by atoms with Gasteiger partial charge in [0.25, 0.3) is 5.91 Å². The van der Waals surface area contributed by atoms with Crippen LogP contribution in [0, 0.1) is 0 Å². The highest BCUT2D eigenvalue weighted by Crippen LogP contribution is 2.27. The van der Waals surface area contributed by atoms with Crippen molar-refractivity contribution in [2.45, 2.75) is 19.9 Å². The molecule has 2 rings (SSSR count). The van der Waals surface area contributed by atoms with Gasteiger partial charge in [-0.15, -0.1) is 0 Å². The number of ether oxygens (including phenoxy) is 3. The van der Waals surface area contributed by atoms with Crippen molar-refractivity contribution in [2.75, 3.05) is 21.3 Å². The molecule has 0 unspecified atom stereocenters. The van der Waals surface area contributed by atoms with Crippen molar-refractivity contribution < 1.29 is 23.8 Å². The quantitative estimate of drug-likeness (QED) is 0.499. The summed E-state index contributed by atoms with van der Waals surface area (Å²) in [5.41, 5.74) is 4.14. The van der Waals surface area contributed by atoms with Gasteiger partial charge in [0.1, 0.15) is 5.75 Å². The standard InChI is InChI=1S/C21H25N3O5/c1-14(11-20(25)22-13-16-7-5-6-8-17(16)27-2)23-24-21(26)15-9-10-18(28-3)19(12-15)29-4/h5-10,12H,11,13H2,1-4H3,(H,22,25)(H,24,26). The Morgan fingerprint density at radius 2 is 1.62 bits per heavy atom. The lowest BCUT2D eigenvalue weighted by molar-refractivity contribution is -0.120. The first-order valence-corrected chi connectivity index (χ1v) is 8.92. The van der Waals surface area contributed by atoms with Gasteiger partial charge >= 0.3 is 0 Å². The number of nitrogens with zero attached hydrogens (tertiary/aromatic N) is 1. The summed E-state index contributed by atoms with van der Waals surface area (Å²) in [6.45, 7) is 2.01. The lowest BCUT2D eigenvalue weighted by atomic mass is 10.2. The fourth-order valence-corrected chi connectivity index (χ4v) is 2.57. The van der Waals surface area contributed by atoms with Crippen LogP contribution in [-0.2, 0) is 11.3 Å². The molecule has 0 saturated heterocycles. The van der Waals surface area contributed by atoms with Gasteiger partial charge in [0, 0.05) is 23.4 Å². The molecule has 2 amide bonds. The highest BCUT2D eigenvalue weighted by molar-refractivity contribution is 6.01. The van der Waals surface area contributed by atoms with E-state index in [4.69, 9.17) is 14.2 Å². The van der Waals surface area contributed by atoms with Crippen molar-refractivity contribution in [1.29, 1.82) is 0 Å². The van der Waals surface area contributed by atoms with Crippen LogP contribution in [0.2, 0.25) is 0 Å². The van der Waals surface area contributed by atoms with Crippen LogP contribution in [0.3, 0.4) is 0 Å². The average Bonchev–Trinajstić information content (AvgIpc) is 2.75. The molecule has 0 heterocycles. The molecule has 29 heavy (non-hydrogen) atoms. The summed E-state index contributed by atoms with van der Waals surface area (Å²) in [4.78, 5) is 24.4. The Bertz CT molecular complexity index is 896. The minimum Gasteiger partial charge on any atom is -0.496 e. The molecule has 8 heteroatoms. The number of carbonyl (C=O) groups is 2. The summed E-state index contributed by atoms with van der Waals surface area (Å²) < 4.78 is 15.6. The Hall–Kier alpha value is -3.55. The molecule has 0 bridgehead atoms. The molecule has 0 aliphatic heterocycles. The van der Waals surface area contributed by atoms with E-state index in [9.17, 15) is 9.59 Å². The third-order valence-corrected chi connectivity index (χ3v) is 4.08. The molecule has 0 aromatic heterocycles. The Morgan fingerprint density at radius 3 is 2.31 bits per heavy atom. The highest BCUT2D eigenvalue weighted by Gasteiger charge is 2.11. The van der Waals surface area contributed by atoms with Gasteiger partial charge < -0.3 is 19.5 Å². The molecule has 0 aliphatic carbocycles. The van der Waals surface area contributed by atoms with Gasteiger partial charge in [0.2, 0.25) is 5.91 Å². The van der Waals surface area contributed by atoms with Crippen LogP contribution >= 0.6 is 0 Å². The molecular formula is C21H25N3O5. The number of amides is 2. The molecule has 2 aromatic carbocycles. The first kappa shape index (κ1) is 21.7. The van der Waals surface area contributed by atoms with Crippen molar-refractivity contribution in [1.82, 2.24) is 10.7 Å². The van der Waals surface area contributed by atoms with E-state index >= 15 is 0 Å². The molecule has 154 valence electrons. The molecule has 8 nitrogen and oxygen atoms in total. The van der Waals surface area contributed by atoms with Crippen molar-refractivity contribution in [3.8, 4) is 17.2 Å². The monoisotopic (exact) mass is 399 g/mol. The second-order valence-electron chi connectivity index (χ2n) is 6.12. The summed E-state index contributed by atoms with van der Waals surface area (Å²) in [6.07, 6.45) is 0.0569. The van der Waals surface area contributed by atoms with E-state index in [0.717, 1.165) is 5.56 Å². The summed E-state index contributed by atoms with van der Waals surface area (Å²) in [5, 5.41) is 6.80. The molecule has 0 aliphatic rings. The molecule has 0 spiro atoms. The summed E-state index contributed by atoms with van der Waals surface area (Å²) in [5.74, 6) is 1.05. The maximum absolute atomic E-state index is 12.3. The third kappa shape index (κ3) is 6.24. The van der Waals surface area contributed by atoms with Crippen LogP contribution < -0.4 is 25.0 Å². The van der Waals surface area contributed by atoms with Crippen molar-refractivity contribution in [3.05, 3.63) is 53.6 Å². The number of para-hydroxylation sites is 1. The molecule has 2 N–H and O–H groups in total. The van der Waals surface area contributed by atoms with Crippen LogP contribution in [0.15, 0.2) is 47.6 Å². The van der Waals surface area contributed by atoms with E-state index < -0.39 is 5.91 Å². The Balaban J connectivity index is 1.89. The first-order chi connectivity index (χ1) is 14.0. The zero-order valence-electron chi connectivity index (χ0n) is 16.9. The van der Waals surface area contributed by atoms with Crippen molar-refractivity contribution in [3.63, 3.8) is 0 Å². The van der Waals surface area contributed by atoms with E-state index in [2.05, 4.69) is 15.8 Å².